The van der Waals surface area contributed by atoms with E-state index in [4.69, 9.17) is 4.74 Å². The summed E-state index contributed by atoms with van der Waals surface area (Å²) in [5, 5.41) is 2.79. The molecule has 1 heterocycles. The van der Waals surface area contributed by atoms with Crippen LogP contribution in [0.5, 0.6) is 0 Å². The van der Waals surface area contributed by atoms with Crippen LogP contribution in [0.15, 0.2) is 18.7 Å². The maximum atomic E-state index is 14.3. The van der Waals surface area contributed by atoms with E-state index in [1.165, 1.54) is 12.1 Å². The van der Waals surface area contributed by atoms with Crippen LogP contribution < -0.4 is 5.32 Å². The van der Waals surface area contributed by atoms with Gasteiger partial charge in [0.15, 0.2) is 0 Å². The monoisotopic (exact) mass is 362 g/mol. The number of hydrogen-bond donors (Lipinski definition) is 1. The molecule has 1 atom stereocenters. The number of carbonyl (C=O) groups excluding carboxylic acids is 2. The van der Waals surface area contributed by atoms with Crippen LogP contribution in [0.1, 0.15) is 55.1 Å². The zero-order valence-electron chi connectivity index (χ0n) is 15.9. The number of alkyl carbamates (subject to hydrolysis) is 1. The molecule has 0 aliphatic carbocycles. The van der Waals surface area contributed by atoms with Gasteiger partial charge in [-0.05, 0) is 63.8 Å². The van der Waals surface area contributed by atoms with Gasteiger partial charge in [0.1, 0.15) is 11.4 Å². The number of nitrogens with zero attached hydrogens (tertiary/aromatic N) is 1. The van der Waals surface area contributed by atoms with E-state index < -0.39 is 17.5 Å². The molecule has 1 aromatic rings. The van der Waals surface area contributed by atoms with Crippen molar-refractivity contribution in [3.63, 3.8) is 0 Å². The van der Waals surface area contributed by atoms with Gasteiger partial charge in [0, 0.05) is 19.1 Å². The second-order valence-electron chi connectivity index (χ2n) is 7.63. The fraction of sp³-hybridized carbons (Fsp3) is 0.500. The summed E-state index contributed by atoms with van der Waals surface area (Å²) < 4.78 is 19.6. The Kier molecular flexibility index (Phi) is 6.05. The van der Waals surface area contributed by atoms with Crippen molar-refractivity contribution in [1.82, 2.24) is 10.2 Å². The smallest absolute Gasteiger partial charge is 0.407 e. The quantitative estimate of drug-likeness (QED) is 0.887. The maximum absolute atomic E-state index is 14.3. The van der Waals surface area contributed by atoms with Gasteiger partial charge in [0.05, 0.1) is 5.56 Å². The lowest BCUT2D eigenvalue weighted by Crippen LogP contribution is -2.50. The topological polar surface area (TPSA) is 58.6 Å². The number of benzene rings is 1. The lowest BCUT2D eigenvalue weighted by atomic mass is 10.0. The van der Waals surface area contributed by atoms with Crippen LogP contribution in [0.4, 0.5) is 9.18 Å². The van der Waals surface area contributed by atoms with Crippen molar-refractivity contribution in [2.45, 2.75) is 52.2 Å². The highest BCUT2D eigenvalue weighted by molar-refractivity contribution is 5.95. The van der Waals surface area contributed by atoms with Crippen LogP contribution in [-0.4, -0.2) is 41.6 Å². The van der Waals surface area contributed by atoms with Crippen molar-refractivity contribution < 1.29 is 18.7 Å². The summed E-state index contributed by atoms with van der Waals surface area (Å²) in [5.74, 6) is -0.915. The van der Waals surface area contributed by atoms with Gasteiger partial charge in [-0.25, -0.2) is 9.18 Å². The molecule has 0 bridgehead atoms. The van der Waals surface area contributed by atoms with E-state index in [1.54, 1.807) is 38.7 Å². The third kappa shape index (κ3) is 5.07. The first-order valence-electron chi connectivity index (χ1n) is 8.82. The number of likely N-dealkylation sites (tertiary alicyclic amines) is 1. The number of ether oxygens (including phenoxy) is 1. The maximum Gasteiger partial charge on any atom is 0.407 e. The molecule has 6 heteroatoms. The predicted octanol–water partition coefficient (Wildman–Crippen LogP) is 3.91. The summed E-state index contributed by atoms with van der Waals surface area (Å²) in [6.07, 6.45) is 2.58. The van der Waals surface area contributed by atoms with Gasteiger partial charge in [0.25, 0.3) is 5.91 Å². The molecular weight excluding hydrogens is 335 g/mol. The normalized spacial score (nSPS) is 17.6. The number of aryl methyl sites for hydroxylation is 1. The van der Waals surface area contributed by atoms with Crippen molar-refractivity contribution in [2.24, 2.45) is 0 Å². The average molecular weight is 362 g/mol. The van der Waals surface area contributed by atoms with Crippen LogP contribution in [0.25, 0.3) is 6.08 Å². The summed E-state index contributed by atoms with van der Waals surface area (Å²) in [5.41, 5.74) is 0.913. The fourth-order valence-electron chi connectivity index (χ4n) is 3.00. The van der Waals surface area contributed by atoms with E-state index in [9.17, 15) is 14.0 Å². The molecule has 1 saturated heterocycles. The minimum atomic E-state index is -0.583. The molecule has 26 heavy (non-hydrogen) atoms. The summed E-state index contributed by atoms with van der Waals surface area (Å²) >= 11 is 0. The second-order valence-corrected chi connectivity index (χ2v) is 7.63. The molecule has 0 aromatic heterocycles. The van der Waals surface area contributed by atoms with Crippen molar-refractivity contribution in [3.8, 4) is 0 Å². The third-order valence-corrected chi connectivity index (χ3v) is 4.24. The Morgan fingerprint density at radius 1 is 1.38 bits per heavy atom. The highest BCUT2D eigenvalue weighted by Crippen LogP contribution is 2.20. The van der Waals surface area contributed by atoms with Crippen molar-refractivity contribution in [3.05, 3.63) is 41.2 Å². The Bertz CT molecular complexity index is 710. The molecule has 0 radical (unpaired) electrons. The van der Waals surface area contributed by atoms with Crippen LogP contribution >= 0.6 is 0 Å². The Morgan fingerprint density at radius 2 is 2.08 bits per heavy atom. The average Bonchev–Trinajstić information content (AvgIpc) is 2.53. The number of amides is 2. The minimum Gasteiger partial charge on any atom is -0.444 e. The van der Waals surface area contributed by atoms with Gasteiger partial charge in [-0.3, -0.25) is 4.79 Å². The predicted molar refractivity (Wildman–Crippen MR) is 99.5 cm³/mol. The molecule has 5 nitrogen and oxygen atoms in total. The van der Waals surface area contributed by atoms with E-state index in [1.807, 2.05) is 0 Å². The summed E-state index contributed by atoms with van der Waals surface area (Å²) in [4.78, 5) is 26.3. The first-order valence-corrected chi connectivity index (χ1v) is 8.82. The Balaban J connectivity index is 2.08. The molecule has 0 spiro atoms. The van der Waals surface area contributed by atoms with Crippen LogP contribution in [-0.2, 0) is 4.74 Å². The zero-order valence-corrected chi connectivity index (χ0v) is 15.9. The standard InChI is InChI=1S/C20H27FN2O3/c1-6-14-11-16(17(21)10-13(14)2)18(24)23-9-7-8-15(12-23)22-19(25)26-20(3,4)5/h6,10-11,15H,1,7-9,12H2,2-5H3,(H,22,25). The highest BCUT2D eigenvalue weighted by atomic mass is 19.1. The van der Waals surface area contributed by atoms with Crippen molar-refractivity contribution >= 4 is 18.1 Å². The number of nitrogens with one attached hydrogen (secondary N) is 1. The van der Waals surface area contributed by atoms with Gasteiger partial charge in [-0.15, -0.1) is 0 Å². The SMILES string of the molecule is C=Cc1cc(C(=O)N2CCCC(NC(=O)OC(C)(C)C)C2)c(F)cc1C. The molecule has 2 amide bonds. The van der Waals surface area contributed by atoms with Crippen LogP contribution in [0, 0.1) is 12.7 Å². The Hall–Kier alpha value is -2.37. The second kappa shape index (κ2) is 7.89. The van der Waals surface area contributed by atoms with Crippen LogP contribution in [0.3, 0.4) is 0 Å². The largest absolute Gasteiger partial charge is 0.444 e. The van der Waals surface area contributed by atoms with Gasteiger partial charge < -0.3 is 15.0 Å². The van der Waals surface area contributed by atoms with E-state index >= 15 is 0 Å². The van der Waals surface area contributed by atoms with Crippen molar-refractivity contribution in [2.75, 3.05) is 13.1 Å². The lowest BCUT2D eigenvalue weighted by Gasteiger charge is -2.33. The minimum absolute atomic E-state index is 0.0309. The Morgan fingerprint density at radius 3 is 2.69 bits per heavy atom. The molecule has 2 rings (SSSR count). The third-order valence-electron chi connectivity index (χ3n) is 4.24. The Labute approximate surface area is 154 Å². The van der Waals surface area contributed by atoms with Gasteiger partial charge in [-0.2, -0.15) is 0 Å². The molecule has 1 aliphatic heterocycles. The fourth-order valence-corrected chi connectivity index (χ4v) is 3.00. The highest BCUT2D eigenvalue weighted by Gasteiger charge is 2.28. The summed E-state index contributed by atoms with van der Waals surface area (Å²) in [7, 11) is 0. The van der Waals surface area contributed by atoms with Crippen molar-refractivity contribution in [1.29, 1.82) is 0 Å². The van der Waals surface area contributed by atoms with E-state index in [-0.39, 0.29) is 17.5 Å². The molecule has 1 N–H and O–H groups in total. The van der Waals surface area contributed by atoms with Gasteiger partial charge >= 0.3 is 6.09 Å². The lowest BCUT2D eigenvalue weighted by molar-refractivity contribution is 0.0451. The number of halogens is 1. The first kappa shape index (κ1) is 19.9. The zero-order chi connectivity index (χ0) is 19.5. The molecule has 1 aromatic carbocycles. The molecule has 1 unspecified atom stereocenters. The molecular formula is C20H27FN2O3. The van der Waals surface area contributed by atoms with E-state index in [0.717, 1.165) is 24.0 Å². The number of carbonyl (C=O) groups is 2. The van der Waals surface area contributed by atoms with Gasteiger partial charge in [0.2, 0.25) is 0 Å². The van der Waals surface area contributed by atoms with E-state index in [0.29, 0.717) is 13.1 Å². The molecule has 1 aliphatic rings. The molecule has 142 valence electrons. The summed E-state index contributed by atoms with van der Waals surface area (Å²) in [6, 6.07) is 2.67. The van der Waals surface area contributed by atoms with Crippen LogP contribution in [0.2, 0.25) is 0 Å². The number of piperidine rings is 1. The first-order chi connectivity index (χ1) is 12.1. The number of rotatable bonds is 3. The summed E-state index contributed by atoms with van der Waals surface area (Å²) in [6.45, 7) is 11.7. The van der Waals surface area contributed by atoms with Gasteiger partial charge in [-0.1, -0.05) is 12.7 Å². The molecule has 0 saturated carbocycles. The van der Waals surface area contributed by atoms with E-state index in [2.05, 4.69) is 11.9 Å². The molecule has 1 fully saturated rings. The number of hydrogen-bond acceptors (Lipinski definition) is 3.